The van der Waals surface area contributed by atoms with Crippen molar-refractivity contribution in [3.05, 3.63) is 53.1 Å². The molecular weight excluding hydrogens is 468 g/mol. The lowest BCUT2D eigenvalue weighted by molar-refractivity contribution is -0.117. The summed E-state index contributed by atoms with van der Waals surface area (Å²) in [5.74, 6) is -0.0808. The van der Waals surface area contributed by atoms with Crippen molar-refractivity contribution in [2.75, 3.05) is 31.0 Å². The average molecular weight is 505 g/mol. The molecule has 2 amide bonds. The lowest BCUT2D eigenvalue weighted by Crippen LogP contribution is -2.34. The van der Waals surface area contributed by atoms with E-state index < -0.39 is 27.5 Å². The van der Waals surface area contributed by atoms with Crippen LogP contribution in [0, 0.1) is 5.92 Å². The van der Waals surface area contributed by atoms with Gasteiger partial charge in [-0.15, -0.1) is 0 Å². The van der Waals surface area contributed by atoms with Crippen molar-refractivity contribution in [3.8, 4) is 11.5 Å². The second kappa shape index (κ2) is 11.1. The molecule has 0 spiro atoms. The molecule has 2 aromatic carbocycles. The monoisotopic (exact) mass is 504 g/mol. The van der Waals surface area contributed by atoms with Gasteiger partial charge in [-0.05, 0) is 49.1 Å². The van der Waals surface area contributed by atoms with Crippen molar-refractivity contribution in [2.24, 2.45) is 5.92 Å². The predicted molar refractivity (Wildman–Crippen MR) is 136 cm³/mol. The van der Waals surface area contributed by atoms with Crippen LogP contribution in [0.15, 0.2) is 36.4 Å². The number of amides is 2. The van der Waals surface area contributed by atoms with Crippen molar-refractivity contribution >= 4 is 27.3 Å². The van der Waals surface area contributed by atoms with Gasteiger partial charge in [-0.3, -0.25) is 9.59 Å². The number of sulfone groups is 1. The topological polar surface area (TPSA) is 102 Å². The summed E-state index contributed by atoms with van der Waals surface area (Å²) < 4.78 is 53.3. The van der Waals surface area contributed by atoms with E-state index in [-0.39, 0.29) is 29.5 Å². The van der Waals surface area contributed by atoms with Gasteiger partial charge in [-0.25, -0.2) is 8.42 Å². The van der Waals surface area contributed by atoms with Crippen LogP contribution < -0.4 is 14.8 Å². The molecule has 2 aliphatic rings. The molecule has 1 atom stereocenters. The van der Waals surface area contributed by atoms with Gasteiger partial charge < -0.3 is 19.7 Å². The van der Waals surface area contributed by atoms with Gasteiger partial charge in [0.15, 0.2) is 11.5 Å². The van der Waals surface area contributed by atoms with Gasteiger partial charge in [-0.2, -0.15) is 0 Å². The highest BCUT2D eigenvalue weighted by atomic mass is 32.2. The largest absolute Gasteiger partial charge is 0.493 e. The van der Waals surface area contributed by atoms with Gasteiger partial charge in [0.1, 0.15) is 9.84 Å². The molecule has 8 nitrogen and oxygen atoms in total. The molecule has 2 aromatic rings. The first kappa shape index (κ1) is 23.7. The third-order valence-corrected chi connectivity index (χ3v) is 6.26. The minimum absolute atomic E-state index is 0.0169. The molecule has 190 valence electrons. The lowest BCUT2D eigenvalue weighted by Gasteiger charge is -2.28. The Labute approximate surface area is 210 Å². The van der Waals surface area contributed by atoms with E-state index in [0.29, 0.717) is 29.4 Å². The first-order valence-electron chi connectivity index (χ1n) is 12.7. The Bertz CT molecular complexity index is 1280. The van der Waals surface area contributed by atoms with E-state index in [1.165, 1.54) is 24.1 Å². The van der Waals surface area contributed by atoms with Gasteiger partial charge in [0.2, 0.25) is 5.91 Å². The number of nitrogens with zero attached hydrogens (tertiary/aromatic N) is 1. The van der Waals surface area contributed by atoms with Crippen LogP contribution >= 0.6 is 0 Å². The summed E-state index contributed by atoms with van der Waals surface area (Å²) in [6, 6.07) is 8.16. The van der Waals surface area contributed by atoms with E-state index >= 15 is 0 Å². The predicted octanol–water partition coefficient (Wildman–Crippen LogP) is 4.21. The molecule has 0 unspecified atom stereocenters. The number of ether oxygens (including phenoxy) is 2. The molecule has 0 radical (unpaired) electrons. The van der Waals surface area contributed by atoms with Crippen molar-refractivity contribution in [3.63, 3.8) is 0 Å². The number of nitrogens with one attached hydrogen (secondary N) is 1. The number of carbonyl (C=O) groups excluding carboxylic acids is 2. The zero-order valence-corrected chi connectivity index (χ0v) is 21.6. The highest BCUT2D eigenvalue weighted by molar-refractivity contribution is 7.90. The third-order valence-electron chi connectivity index (χ3n) is 5.61. The number of carbonyl (C=O) groups is 2. The molecule has 1 aliphatic carbocycles. The summed E-state index contributed by atoms with van der Waals surface area (Å²) in [4.78, 5) is 27.2. The fourth-order valence-electron chi connectivity index (χ4n) is 3.92. The first-order valence-corrected chi connectivity index (χ1v) is 13.6. The van der Waals surface area contributed by atoms with Crippen molar-refractivity contribution < 1.29 is 30.2 Å². The average Bonchev–Trinajstić information content (AvgIpc) is 3.65. The number of fused-ring (bicyclic) bond motifs is 1. The highest BCUT2D eigenvalue weighted by Gasteiger charge is 2.38. The molecule has 1 N–H and O–H groups in total. The molecule has 0 saturated heterocycles. The fourth-order valence-corrected chi connectivity index (χ4v) is 4.59. The van der Waals surface area contributed by atoms with E-state index in [0.717, 1.165) is 19.1 Å². The molecule has 1 fully saturated rings. The molecule has 0 aromatic heterocycles. The Morgan fingerprint density at radius 1 is 1.23 bits per heavy atom. The number of hydrogen-bond acceptors (Lipinski definition) is 6. The zero-order valence-electron chi connectivity index (χ0n) is 22.8. The minimum atomic E-state index is -4.27. The molecule has 0 bridgehead atoms. The Hall–Kier alpha value is -3.07. The van der Waals surface area contributed by atoms with Crippen molar-refractivity contribution in [2.45, 2.75) is 46.2 Å². The van der Waals surface area contributed by atoms with E-state index in [2.05, 4.69) is 5.32 Å². The number of anilines is 1. The quantitative estimate of drug-likeness (QED) is 0.549. The smallest absolute Gasteiger partial charge is 0.257 e. The molecule has 4 rings (SSSR count). The maximum Gasteiger partial charge on any atom is 0.257 e. The number of methoxy groups -OCH3 is 1. The van der Waals surface area contributed by atoms with Crippen LogP contribution in [0.25, 0.3) is 0 Å². The number of benzene rings is 2. The van der Waals surface area contributed by atoms with Crippen molar-refractivity contribution in [1.29, 1.82) is 0 Å². The zero-order chi connectivity index (χ0) is 27.5. The molecule has 1 heterocycles. The number of rotatable bonds is 9. The maximum absolute atomic E-state index is 13.7. The van der Waals surface area contributed by atoms with Gasteiger partial charge in [0.05, 0.1) is 36.7 Å². The van der Waals surface area contributed by atoms with Crippen LogP contribution in [0.5, 0.6) is 11.5 Å². The van der Waals surface area contributed by atoms with Crippen LogP contribution in [0.4, 0.5) is 5.69 Å². The summed E-state index contributed by atoms with van der Waals surface area (Å²) in [6.45, 7) is 6.07. The molecule has 1 saturated carbocycles. The van der Waals surface area contributed by atoms with Crippen LogP contribution in [0.1, 0.15) is 63.9 Å². The summed E-state index contributed by atoms with van der Waals surface area (Å²) in [7, 11) is -2.81. The molecular formula is C26H34N2O6S. The lowest BCUT2D eigenvalue weighted by atomic mass is 10.1. The van der Waals surface area contributed by atoms with Gasteiger partial charge in [-0.1, -0.05) is 32.0 Å². The Balaban J connectivity index is 0.00000186. The first-order chi connectivity index (χ1) is 17.5. The van der Waals surface area contributed by atoms with Crippen LogP contribution in [0.2, 0.25) is 0 Å². The Kier molecular flexibility index (Phi) is 7.51. The van der Waals surface area contributed by atoms with Gasteiger partial charge in [0, 0.05) is 21.5 Å². The van der Waals surface area contributed by atoms with Crippen LogP contribution in [-0.2, 0) is 21.2 Å². The minimum Gasteiger partial charge on any atom is -0.493 e. The standard InChI is InChI=1S/C24H28N2O6S.C2H6/c1-4-32-21-12-16(10-11-20(21)31-2)19(14-33(3,29)30)26-13-17-6-5-7-18(22(17)24(26)28)25-23(27)15-8-9-15;1-2/h5-7,10-12,15,19H,4,8-9,13-14H2,1-3H3,(H,25,27);1-2H3/t19-;/m1./s1/i14D2;. The summed E-state index contributed by atoms with van der Waals surface area (Å²) in [5, 5.41) is 2.81. The number of hydrogen-bond donors (Lipinski definition) is 1. The van der Waals surface area contributed by atoms with Crippen LogP contribution in [-0.4, -0.2) is 50.8 Å². The molecule has 9 heteroatoms. The Morgan fingerprint density at radius 3 is 2.54 bits per heavy atom. The third kappa shape index (κ3) is 6.14. The molecule has 35 heavy (non-hydrogen) atoms. The highest BCUT2D eigenvalue weighted by Crippen LogP contribution is 2.39. The van der Waals surface area contributed by atoms with Gasteiger partial charge >= 0.3 is 0 Å². The summed E-state index contributed by atoms with van der Waals surface area (Å²) >= 11 is 0. The van der Waals surface area contributed by atoms with E-state index in [1.54, 1.807) is 31.2 Å². The summed E-state index contributed by atoms with van der Waals surface area (Å²) in [5.41, 5.74) is -1.41. The second-order valence-corrected chi connectivity index (χ2v) is 9.95. The van der Waals surface area contributed by atoms with Crippen LogP contribution in [0.3, 0.4) is 0 Å². The normalized spacial score (nSPS) is 16.8. The van der Waals surface area contributed by atoms with E-state index in [9.17, 15) is 18.0 Å². The Morgan fingerprint density at radius 2 is 1.94 bits per heavy atom. The van der Waals surface area contributed by atoms with E-state index in [1.807, 2.05) is 13.8 Å². The maximum atomic E-state index is 13.7. The molecule has 1 aliphatic heterocycles. The second-order valence-electron chi connectivity index (χ2n) is 8.17. The van der Waals surface area contributed by atoms with Crippen molar-refractivity contribution in [1.82, 2.24) is 4.90 Å². The van der Waals surface area contributed by atoms with E-state index in [4.69, 9.17) is 12.2 Å². The van der Waals surface area contributed by atoms with Gasteiger partial charge in [0.25, 0.3) is 5.91 Å². The fraction of sp³-hybridized carbons (Fsp3) is 0.462. The SMILES string of the molecule is CC.[2H]C([2H])([C@H](c1ccc(OC)c(OCC)c1)N1Cc2cccc(NC(=O)C3CC3)c2C1=O)S(C)(=O)=O. The summed E-state index contributed by atoms with van der Waals surface area (Å²) in [6.07, 6.45) is 2.41.